The number of allylic oxidation sites excluding steroid dienone is 2. The minimum absolute atomic E-state index is 0.0925. The number of alkyl halides is 3. The molecule has 1 aromatic carbocycles. The van der Waals surface area contributed by atoms with Crippen LogP contribution in [0.25, 0.3) is 0 Å². The number of Topliss-reactive ketones (excluding diaryl/α,β-unsaturated/α-hetero) is 1. The highest BCUT2D eigenvalue weighted by molar-refractivity contribution is 6.00. The van der Waals surface area contributed by atoms with Gasteiger partial charge in [0.05, 0.1) is 11.7 Å². The molecule has 0 bridgehead atoms. The van der Waals surface area contributed by atoms with E-state index in [1.807, 2.05) is 13.8 Å². The molecule has 178 valence electrons. The van der Waals surface area contributed by atoms with Crippen molar-refractivity contribution in [2.45, 2.75) is 57.7 Å². The first-order chi connectivity index (χ1) is 15.5. The predicted octanol–water partition coefficient (Wildman–Crippen LogP) is 4.89. The number of nitrogens with one attached hydrogen (secondary N) is 1. The van der Waals surface area contributed by atoms with Gasteiger partial charge in [0, 0.05) is 35.9 Å². The molecule has 5 nitrogen and oxygen atoms in total. The van der Waals surface area contributed by atoms with Gasteiger partial charge in [0.15, 0.2) is 5.78 Å². The van der Waals surface area contributed by atoms with Gasteiger partial charge in [-0.1, -0.05) is 32.6 Å². The number of carbonyl (C=O) groups is 2. The van der Waals surface area contributed by atoms with E-state index < -0.39 is 29.5 Å². The number of rotatable bonds is 4. The number of benzene rings is 1. The summed E-state index contributed by atoms with van der Waals surface area (Å²) in [5.74, 6) is -2.40. The van der Waals surface area contributed by atoms with Crippen LogP contribution in [0.5, 0.6) is 0 Å². The number of esters is 1. The molecule has 0 radical (unpaired) electrons. The molecule has 3 unspecified atom stereocenters. The second-order valence-electron chi connectivity index (χ2n) is 9.82. The summed E-state index contributed by atoms with van der Waals surface area (Å²) < 4.78 is 50.4. The van der Waals surface area contributed by atoms with Crippen molar-refractivity contribution in [2.24, 2.45) is 11.3 Å². The van der Waals surface area contributed by atoms with E-state index in [9.17, 15) is 22.8 Å². The average molecular weight is 463 g/mol. The second kappa shape index (κ2) is 8.63. The molecule has 1 N–H and O–H groups in total. The minimum atomic E-state index is -4.48. The van der Waals surface area contributed by atoms with E-state index in [0.29, 0.717) is 35.6 Å². The van der Waals surface area contributed by atoms with Gasteiger partial charge in [0.1, 0.15) is 12.5 Å². The number of carbonyl (C=O) groups excluding carboxylic acids is 2. The number of ketones is 1. The molecule has 0 spiro atoms. The summed E-state index contributed by atoms with van der Waals surface area (Å²) in [6.07, 6.45) is -2.10. The molecular weight excluding hydrogens is 435 g/mol. The summed E-state index contributed by atoms with van der Waals surface area (Å²) in [4.78, 5) is 26.4. The first-order valence-corrected chi connectivity index (χ1v) is 11.1. The molecular formula is C25H28F3NO4. The Hall–Kier alpha value is -2.61. The first-order valence-electron chi connectivity index (χ1n) is 11.1. The first kappa shape index (κ1) is 23.5. The third-order valence-corrected chi connectivity index (χ3v) is 6.54. The van der Waals surface area contributed by atoms with E-state index >= 15 is 0 Å². The molecule has 1 aromatic rings. The monoisotopic (exact) mass is 463 g/mol. The fourth-order valence-corrected chi connectivity index (χ4v) is 5.00. The molecule has 4 rings (SSSR count). The largest absolute Gasteiger partial charge is 0.462 e. The SMILES string of the molecule is C=C1NC2=C(C(=O)CC(C)(C)C2)C(c2ccc(C(F)(F)F)cc2)C1C(=O)OCC1CCCO1. The molecule has 1 fully saturated rings. The molecule has 0 amide bonds. The van der Waals surface area contributed by atoms with E-state index in [4.69, 9.17) is 9.47 Å². The molecule has 0 saturated carbocycles. The van der Waals surface area contributed by atoms with Gasteiger partial charge in [-0.05, 0) is 42.4 Å². The van der Waals surface area contributed by atoms with Gasteiger partial charge in [0.25, 0.3) is 0 Å². The zero-order chi connectivity index (χ0) is 24.0. The fourth-order valence-electron chi connectivity index (χ4n) is 5.00. The van der Waals surface area contributed by atoms with Crippen LogP contribution >= 0.6 is 0 Å². The predicted molar refractivity (Wildman–Crippen MR) is 115 cm³/mol. The van der Waals surface area contributed by atoms with Crippen LogP contribution in [0.3, 0.4) is 0 Å². The molecule has 2 heterocycles. The van der Waals surface area contributed by atoms with Gasteiger partial charge in [-0.25, -0.2) is 0 Å². The third-order valence-electron chi connectivity index (χ3n) is 6.54. The third kappa shape index (κ3) is 4.86. The van der Waals surface area contributed by atoms with E-state index in [1.54, 1.807) is 0 Å². The average Bonchev–Trinajstić information content (AvgIpc) is 3.23. The Morgan fingerprint density at radius 1 is 1.24 bits per heavy atom. The zero-order valence-corrected chi connectivity index (χ0v) is 18.8. The van der Waals surface area contributed by atoms with Crippen molar-refractivity contribution in [3.8, 4) is 0 Å². The smallest absolute Gasteiger partial charge is 0.416 e. The maximum Gasteiger partial charge on any atom is 0.416 e. The summed E-state index contributed by atoms with van der Waals surface area (Å²) in [5, 5.41) is 3.15. The van der Waals surface area contributed by atoms with Gasteiger partial charge in [-0.15, -0.1) is 0 Å². The van der Waals surface area contributed by atoms with Crippen molar-refractivity contribution in [1.82, 2.24) is 5.32 Å². The van der Waals surface area contributed by atoms with E-state index in [1.165, 1.54) is 12.1 Å². The van der Waals surface area contributed by atoms with Crippen LogP contribution in [0.15, 0.2) is 47.8 Å². The van der Waals surface area contributed by atoms with Crippen molar-refractivity contribution in [2.75, 3.05) is 13.2 Å². The standard InChI is InChI=1S/C25H28F3NO4/c1-14-20(23(31)33-13-17-5-4-10-32-17)21(15-6-8-16(9-7-15)25(26,27)28)22-18(29-14)11-24(2,3)12-19(22)30/h6-9,17,20-21,29H,1,4-5,10-13H2,2-3H3. The van der Waals surface area contributed by atoms with Crippen molar-refractivity contribution >= 4 is 11.8 Å². The van der Waals surface area contributed by atoms with Gasteiger partial charge in [0.2, 0.25) is 0 Å². The summed E-state index contributed by atoms with van der Waals surface area (Å²) >= 11 is 0. The maximum absolute atomic E-state index is 13.2. The Kier molecular flexibility index (Phi) is 6.16. The van der Waals surface area contributed by atoms with Crippen molar-refractivity contribution in [3.63, 3.8) is 0 Å². The highest BCUT2D eigenvalue weighted by atomic mass is 19.4. The Balaban J connectivity index is 1.71. The Labute approximate surface area is 191 Å². The summed E-state index contributed by atoms with van der Waals surface area (Å²) in [5.41, 5.74) is 0.865. The van der Waals surface area contributed by atoms with Crippen LogP contribution < -0.4 is 5.32 Å². The van der Waals surface area contributed by atoms with Crippen LogP contribution in [0.4, 0.5) is 13.2 Å². The van der Waals surface area contributed by atoms with Gasteiger partial charge >= 0.3 is 12.1 Å². The minimum Gasteiger partial charge on any atom is -0.462 e. The normalized spacial score (nSPS) is 27.2. The molecule has 3 aliphatic rings. The lowest BCUT2D eigenvalue weighted by Gasteiger charge is -2.42. The molecule has 1 saturated heterocycles. The summed E-state index contributed by atoms with van der Waals surface area (Å²) in [7, 11) is 0. The molecule has 0 aromatic heterocycles. The highest BCUT2D eigenvalue weighted by Crippen LogP contribution is 2.48. The van der Waals surface area contributed by atoms with Crippen molar-refractivity contribution < 1.29 is 32.2 Å². The highest BCUT2D eigenvalue weighted by Gasteiger charge is 2.47. The fraction of sp³-hybridized carbons (Fsp3) is 0.520. The molecule has 33 heavy (non-hydrogen) atoms. The topological polar surface area (TPSA) is 64.6 Å². The Bertz CT molecular complexity index is 988. The Morgan fingerprint density at radius 3 is 2.55 bits per heavy atom. The van der Waals surface area contributed by atoms with Crippen LogP contribution in [-0.2, 0) is 25.2 Å². The van der Waals surface area contributed by atoms with Crippen LogP contribution in [0.1, 0.15) is 56.6 Å². The second-order valence-corrected chi connectivity index (χ2v) is 9.82. The van der Waals surface area contributed by atoms with E-state index in [0.717, 1.165) is 25.0 Å². The molecule has 1 aliphatic carbocycles. The lowest BCUT2D eigenvalue weighted by Crippen LogP contribution is -2.44. The molecule has 3 atom stereocenters. The number of hydrogen-bond donors (Lipinski definition) is 1. The molecule has 8 heteroatoms. The van der Waals surface area contributed by atoms with Crippen LogP contribution in [0.2, 0.25) is 0 Å². The summed E-state index contributed by atoms with van der Waals surface area (Å²) in [6.45, 7) is 8.70. The van der Waals surface area contributed by atoms with Crippen molar-refractivity contribution in [1.29, 1.82) is 0 Å². The van der Waals surface area contributed by atoms with Crippen LogP contribution in [-0.4, -0.2) is 31.1 Å². The van der Waals surface area contributed by atoms with Crippen molar-refractivity contribution in [3.05, 3.63) is 58.9 Å². The number of ether oxygens (including phenoxy) is 2. The summed E-state index contributed by atoms with van der Waals surface area (Å²) in [6, 6.07) is 4.63. The maximum atomic E-state index is 13.2. The Morgan fingerprint density at radius 2 is 1.94 bits per heavy atom. The molecule has 2 aliphatic heterocycles. The van der Waals surface area contributed by atoms with Gasteiger partial charge in [-0.3, -0.25) is 9.59 Å². The number of hydrogen-bond acceptors (Lipinski definition) is 5. The lowest BCUT2D eigenvalue weighted by atomic mass is 9.66. The lowest BCUT2D eigenvalue weighted by molar-refractivity contribution is -0.151. The quantitative estimate of drug-likeness (QED) is 0.645. The zero-order valence-electron chi connectivity index (χ0n) is 18.8. The van der Waals surface area contributed by atoms with E-state index in [-0.39, 0.29) is 30.3 Å². The van der Waals surface area contributed by atoms with Gasteiger partial charge in [-0.2, -0.15) is 13.2 Å². The van der Waals surface area contributed by atoms with E-state index in [2.05, 4.69) is 11.9 Å². The van der Waals surface area contributed by atoms with Gasteiger partial charge < -0.3 is 14.8 Å². The number of halogens is 3. The van der Waals surface area contributed by atoms with Crippen LogP contribution in [0, 0.1) is 11.3 Å².